The number of carbonyl (C=O) groups is 1. The standard InChI is InChI=1S/C49H74O14/c1-11-26(2)45-29(5)17-18-48(63-45)23-35-20-34(62-48)16-15-28(4)44(60-41-22-39(55-10)46(32(8)58-41)61-40-21-38(54-9)43(51)31(7)57-40)27(3)13-12-14-33-24-56-25-37-42(50)30(6)19-36(47(52)59-35)49(33,37)53/h12-15,17-19,26-27,29,31-32,34-46,50-51,53H,11,16,20-25H2,1-10H3/b13-12+,28-15+,33-14+/t26-,27-,29-,31-,32-,34+,35-,36-,37+,38-,39-,40-,41-,42+,43-,44-,45+,46-,48-,49+/m0/s1. The molecule has 0 aromatic rings. The summed E-state index contributed by atoms with van der Waals surface area (Å²) in [6.07, 6.45) is 9.81. The molecule has 2 bridgehead atoms. The molecule has 0 unspecified atom stereocenters. The molecule has 14 nitrogen and oxygen atoms in total. The first-order valence-corrected chi connectivity index (χ1v) is 23.3. The number of hydrogen-bond acceptors (Lipinski definition) is 14. The molecule has 1 spiro atoms. The summed E-state index contributed by atoms with van der Waals surface area (Å²) in [7, 11) is 3.22. The third-order valence-electron chi connectivity index (χ3n) is 14.9. The number of rotatable bonds is 8. The molecule has 6 aliphatic heterocycles. The molecule has 20 atom stereocenters. The molecule has 0 saturated carbocycles. The van der Waals surface area contributed by atoms with Crippen molar-refractivity contribution in [2.75, 3.05) is 27.4 Å². The van der Waals surface area contributed by atoms with Gasteiger partial charge in [0.1, 0.15) is 29.8 Å². The van der Waals surface area contributed by atoms with Gasteiger partial charge in [-0.3, -0.25) is 4.79 Å². The molecule has 354 valence electrons. The van der Waals surface area contributed by atoms with Crippen LogP contribution in [0.2, 0.25) is 0 Å². The number of aliphatic hydroxyl groups excluding tert-OH is 2. The lowest BCUT2D eigenvalue weighted by atomic mass is 9.64. The summed E-state index contributed by atoms with van der Waals surface area (Å²) in [5.41, 5.74) is 0.277. The summed E-state index contributed by atoms with van der Waals surface area (Å²) in [5, 5.41) is 34.6. The first kappa shape index (κ1) is 48.6. The van der Waals surface area contributed by atoms with Crippen LogP contribution in [0.4, 0.5) is 0 Å². The molecule has 4 fully saturated rings. The molecular formula is C49H74O14. The number of ether oxygens (including phenoxy) is 10. The van der Waals surface area contributed by atoms with Gasteiger partial charge in [0.15, 0.2) is 18.4 Å². The van der Waals surface area contributed by atoms with E-state index in [2.05, 4.69) is 39.8 Å². The Bertz CT molecular complexity index is 1740. The zero-order valence-corrected chi connectivity index (χ0v) is 38.9. The Hall–Kier alpha value is -2.31. The maximum atomic E-state index is 14.5. The first-order valence-electron chi connectivity index (χ1n) is 23.3. The van der Waals surface area contributed by atoms with Crippen molar-refractivity contribution in [2.45, 2.75) is 185 Å². The SMILES string of the molecule is CC[C@H](C)[C@H]1O[C@@]2(C=C[C@@H]1C)C[C@@H]1C[C@@H](C/C=C(\C)[C@@H](O[C@H]3C[C@H](OC)[C@@H](O[C@H]4C[C@H](OC)[C@@H](O)[C@H](C)O4)[C@H](C)O3)[C@@H](C)/C=C/C=C3\COC[C@@H]4[C@H](O)C(C)=C[C@@H](C(=O)O1)[C@]34O)O2. The Labute approximate surface area is 373 Å². The van der Waals surface area contributed by atoms with Crippen LogP contribution >= 0.6 is 0 Å². The third kappa shape index (κ3) is 10.2. The normalized spacial score (nSPS) is 48.7. The fraction of sp³-hybridized carbons (Fsp3) is 0.776. The zero-order chi connectivity index (χ0) is 45.4. The molecule has 4 saturated heterocycles. The van der Waals surface area contributed by atoms with E-state index in [4.69, 9.17) is 47.4 Å². The second kappa shape index (κ2) is 20.3. The fourth-order valence-corrected chi connectivity index (χ4v) is 10.9. The van der Waals surface area contributed by atoms with Crippen molar-refractivity contribution in [3.05, 3.63) is 59.3 Å². The quantitative estimate of drug-likeness (QED) is 0.203. The van der Waals surface area contributed by atoms with Crippen LogP contribution in [0.5, 0.6) is 0 Å². The highest BCUT2D eigenvalue weighted by molar-refractivity contribution is 5.78. The van der Waals surface area contributed by atoms with Gasteiger partial charge in [-0.05, 0) is 62.8 Å². The number of carbonyl (C=O) groups excluding carboxylic acids is 1. The van der Waals surface area contributed by atoms with E-state index < -0.39 is 90.6 Å². The van der Waals surface area contributed by atoms with E-state index in [0.29, 0.717) is 43.3 Å². The van der Waals surface area contributed by atoms with E-state index in [1.807, 2.05) is 32.1 Å². The van der Waals surface area contributed by atoms with Crippen molar-refractivity contribution in [2.24, 2.45) is 29.6 Å². The minimum atomic E-state index is -1.75. The first-order chi connectivity index (χ1) is 30.0. The second-order valence-corrected chi connectivity index (χ2v) is 19.3. The Kier molecular flexibility index (Phi) is 15.7. The van der Waals surface area contributed by atoms with E-state index in [9.17, 15) is 20.1 Å². The molecule has 63 heavy (non-hydrogen) atoms. The van der Waals surface area contributed by atoms with E-state index in [1.165, 1.54) is 0 Å². The summed E-state index contributed by atoms with van der Waals surface area (Å²) >= 11 is 0. The smallest absolute Gasteiger partial charge is 0.316 e. The van der Waals surface area contributed by atoms with Crippen molar-refractivity contribution in [1.82, 2.24) is 0 Å². The van der Waals surface area contributed by atoms with Gasteiger partial charge in [0, 0.05) is 57.7 Å². The van der Waals surface area contributed by atoms with Crippen LogP contribution in [0, 0.1) is 29.6 Å². The number of fused-ring (bicyclic) bond motifs is 2. The van der Waals surface area contributed by atoms with E-state index in [0.717, 1.165) is 12.0 Å². The Morgan fingerprint density at radius 3 is 2.33 bits per heavy atom. The number of aliphatic hydroxyl groups is 3. The summed E-state index contributed by atoms with van der Waals surface area (Å²) in [6.45, 7) is 16.3. The lowest BCUT2D eigenvalue weighted by Gasteiger charge is -2.50. The third-order valence-corrected chi connectivity index (χ3v) is 14.9. The van der Waals surface area contributed by atoms with E-state index >= 15 is 0 Å². The summed E-state index contributed by atoms with van der Waals surface area (Å²) < 4.78 is 63.7. The molecule has 14 heteroatoms. The van der Waals surface area contributed by atoms with Crippen molar-refractivity contribution in [1.29, 1.82) is 0 Å². The van der Waals surface area contributed by atoms with Crippen LogP contribution in [-0.4, -0.2) is 140 Å². The predicted molar refractivity (Wildman–Crippen MR) is 232 cm³/mol. The van der Waals surface area contributed by atoms with Gasteiger partial charge < -0.3 is 62.7 Å². The van der Waals surface area contributed by atoms with Crippen LogP contribution < -0.4 is 0 Å². The lowest BCUT2D eigenvalue weighted by Crippen LogP contribution is -2.61. The van der Waals surface area contributed by atoms with Gasteiger partial charge in [-0.25, -0.2) is 0 Å². The zero-order valence-electron chi connectivity index (χ0n) is 38.9. The minimum Gasteiger partial charge on any atom is -0.462 e. The Morgan fingerprint density at radius 2 is 1.60 bits per heavy atom. The van der Waals surface area contributed by atoms with Gasteiger partial charge in [-0.15, -0.1) is 0 Å². The number of hydrogen-bond donors (Lipinski definition) is 3. The lowest BCUT2D eigenvalue weighted by molar-refractivity contribution is -0.318. The van der Waals surface area contributed by atoms with Gasteiger partial charge in [0.25, 0.3) is 0 Å². The van der Waals surface area contributed by atoms with Gasteiger partial charge in [-0.1, -0.05) is 70.6 Å². The van der Waals surface area contributed by atoms with Crippen LogP contribution in [0.3, 0.4) is 0 Å². The Morgan fingerprint density at radius 1 is 0.889 bits per heavy atom. The van der Waals surface area contributed by atoms with Crippen LogP contribution in [0.25, 0.3) is 0 Å². The molecular weight excluding hydrogens is 813 g/mol. The van der Waals surface area contributed by atoms with Crippen molar-refractivity contribution < 1.29 is 67.5 Å². The van der Waals surface area contributed by atoms with E-state index in [1.54, 1.807) is 40.2 Å². The van der Waals surface area contributed by atoms with Crippen molar-refractivity contribution >= 4 is 5.97 Å². The molecule has 7 rings (SSSR count). The molecule has 7 aliphatic rings. The van der Waals surface area contributed by atoms with Crippen LogP contribution in [-0.2, 0) is 52.2 Å². The second-order valence-electron chi connectivity index (χ2n) is 19.3. The highest BCUT2D eigenvalue weighted by Crippen LogP contribution is 2.47. The van der Waals surface area contributed by atoms with Crippen molar-refractivity contribution in [3.63, 3.8) is 0 Å². The van der Waals surface area contributed by atoms with Gasteiger partial charge in [-0.2, -0.15) is 0 Å². The largest absolute Gasteiger partial charge is 0.462 e. The van der Waals surface area contributed by atoms with Crippen LogP contribution in [0.15, 0.2) is 59.3 Å². The van der Waals surface area contributed by atoms with E-state index in [-0.39, 0.29) is 49.3 Å². The van der Waals surface area contributed by atoms with Gasteiger partial charge >= 0.3 is 5.97 Å². The highest BCUT2D eigenvalue weighted by Gasteiger charge is 2.58. The fourth-order valence-electron chi connectivity index (χ4n) is 10.9. The average molecular weight is 887 g/mol. The maximum absolute atomic E-state index is 14.5. The Balaban J connectivity index is 1.19. The summed E-state index contributed by atoms with van der Waals surface area (Å²) in [5.74, 6) is -3.28. The number of esters is 1. The predicted octanol–water partition coefficient (Wildman–Crippen LogP) is 5.63. The average Bonchev–Trinajstić information content (AvgIpc) is 3.25. The minimum absolute atomic E-state index is 0.0806. The monoisotopic (exact) mass is 887 g/mol. The number of methoxy groups -OCH3 is 2. The molecule has 6 heterocycles. The van der Waals surface area contributed by atoms with Crippen molar-refractivity contribution in [3.8, 4) is 0 Å². The topological polar surface area (TPSA) is 170 Å². The van der Waals surface area contributed by atoms with Crippen LogP contribution in [0.1, 0.15) is 93.9 Å². The highest BCUT2D eigenvalue weighted by atomic mass is 16.7. The number of allylic oxidation sites excluding steroid dienone is 2. The van der Waals surface area contributed by atoms with Gasteiger partial charge in [0.2, 0.25) is 0 Å². The summed E-state index contributed by atoms with van der Waals surface area (Å²) in [6, 6.07) is 0. The summed E-state index contributed by atoms with van der Waals surface area (Å²) in [4.78, 5) is 14.5. The molecule has 3 N–H and O–H groups in total. The molecule has 0 radical (unpaired) electrons. The maximum Gasteiger partial charge on any atom is 0.316 e. The molecule has 1 aliphatic carbocycles. The van der Waals surface area contributed by atoms with Gasteiger partial charge in [0.05, 0.1) is 62.0 Å². The molecule has 0 aromatic heterocycles. The molecule has 0 aromatic carbocycles. The molecule has 0 amide bonds.